The molecule has 0 unspecified atom stereocenters. The number of carbonyl (C=O) groups excluding carboxylic acids is 1. The van der Waals surface area contributed by atoms with Gasteiger partial charge in [-0.25, -0.2) is 12.8 Å². The van der Waals surface area contributed by atoms with Gasteiger partial charge in [-0.05, 0) is 67.4 Å². The highest BCUT2D eigenvalue weighted by atomic mass is 32.2. The van der Waals surface area contributed by atoms with Crippen molar-refractivity contribution in [2.45, 2.75) is 18.7 Å². The van der Waals surface area contributed by atoms with E-state index in [1.807, 2.05) is 26.0 Å². The number of benzene rings is 2. The minimum absolute atomic E-state index is 0.0659. The molecule has 0 spiro atoms. The van der Waals surface area contributed by atoms with E-state index in [2.05, 4.69) is 10.3 Å². The van der Waals surface area contributed by atoms with Crippen LogP contribution in [-0.4, -0.2) is 25.9 Å². The van der Waals surface area contributed by atoms with Crippen LogP contribution >= 0.6 is 0 Å². The van der Waals surface area contributed by atoms with Crippen molar-refractivity contribution in [3.63, 3.8) is 0 Å². The predicted octanol–water partition coefficient (Wildman–Crippen LogP) is 3.67. The lowest BCUT2D eigenvalue weighted by Gasteiger charge is -2.24. The number of rotatable bonds is 6. The minimum Gasteiger partial charge on any atom is -0.324 e. The number of aryl methyl sites for hydroxylation is 1. The molecule has 0 aliphatic heterocycles. The van der Waals surface area contributed by atoms with Gasteiger partial charge in [-0.3, -0.25) is 14.1 Å². The Balaban J connectivity index is 1.94. The van der Waals surface area contributed by atoms with Crippen LogP contribution in [0.4, 0.5) is 15.8 Å². The lowest BCUT2D eigenvalue weighted by molar-refractivity contribution is -0.114. The highest BCUT2D eigenvalue weighted by Crippen LogP contribution is 2.24. The first-order valence-electron chi connectivity index (χ1n) is 8.83. The van der Waals surface area contributed by atoms with Gasteiger partial charge >= 0.3 is 0 Å². The molecule has 0 radical (unpaired) electrons. The van der Waals surface area contributed by atoms with Crippen LogP contribution in [0.3, 0.4) is 0 Å². The van der Waals surface area contributed by atoms with Crippen molar-refractivity contribution in [1.82, 2.24) is 4.98 Å². The van der Waals surface area contributed by atoms with E-state index in [-0.39, 0.29) is 10.6 Å². The van der Waals surface area contributed by atoms with Crippen molar-refractivity contribution in [2.24, 2.45) is 0 Å². The molecular weight excluding hydrogens is 393 g/mol. The third-order valence-corrected chi connectivity index (χ3v) is 6.26. The predicted molar refractivity (Wildman–Crippen MR) is 110 cm³/mol. The molecule has 0 fully saturated rings. The van der Waals surface area contributed by atoms with E-state index in [0.717, 1.165) is 27.6 Å². The van der Waals surface area contributed by atoms with Crippen LogP contribution < -0.4 is 9.62 Å². The van der Waals surface area contributed by atoms with E-state index in [1.165, 1.54) is 36.7 Å². The summed E-state index contributed by atoms with van der Waals surface area (Å²) in [5.74, 6) is -1.03. The maximum atomic E-state index is 13.3. The van der Waals surface area contributed by atoms with Crippen molar-refractivity contribution < 1.29 is 17.6 Å². The summed E-state index contributed by atoms with van der Waals surface area (Å²) in [4.78, 5) is 16.5. The van der Waals surface area contributed by atoms with Crippen molar-refractivity contribution in [3.8, 4) is 0 Å². The molecule has 0 saturated heterocycles. The second-order valence-electron chi connectivity index (χ2n) is 6.47. The summed E-state index contributed by atoms with van der Waals surface area (Å²) in [7, 11) is -4.09. The number of nitrogens with one attached hydrogen (secondary N) is 1. The highest BCUT2D eigenvalue weighted by molar-refractivity contribution is 7.92. The fourth-order valence-electron chi connectivity index (χ4n) is 2.76. The normalized spacial score (nSPS) is 11.1. The summed E-state index contributed by atoms with van der Waals surface area (Å²) in [6, 6.07) is 13.3. The van der Waals surface area contributed by atoms with Crippen molar-refractivity contribution >= 4 is 27.3 Å². The number of halogens is 1. The van der Waals surface area contributed by atoms with Crippen molar-refractivity contribution in [3.05, 3.63) is 83.9 Å². The average molecular weight is 413 g/mol. The van der Waals surface area contributed by atoms with E-state index in [4.69, 9.17) is 0 Å². The van der Waals surface area contributed by atoms with Crippen LogP contribution in [0.1, 0.15) is 11.1 Å². The monoisotopic (exact) mass is 413 g/mol. The smallest absolute Gasteiger partial charge is 0.266 e. The first kappa shape index (κ1) is 20.5. The van der Waals surface area contributed by atoms with Gasteiger partial charge in [-0.2, -0.15) is 0 Å². The van der Waals surface area contributed by atoms with Crippen LogP contribution in [0, 0.1) is 19.7 Å². The fourth-order valence-corrected chi connectivity index (χ4v) is 4.14. The van der Waals surface area contributed by atoms with E-state index in [9.17, 15) is 17.6 Å². The number of amides is 1. The minimum atomic E-state index is -4.09. The molecule has 3 rings (SSSR count). The van der Waals surface area contributed by atoms with Gasteiger partial charge in [0.2, 0.25) is 5.91 Å². The summed E-state index contributed by atoms with van der Waals surface area (Å²) in [5.41, 5.74) is 2.67. The third kappa shape index (κ3) is 4.60. The summed E-state index contributed by atoms with van der Waals surface area (Å²) >= 11 is 0. The van der Waals surface area contributed by atoms with Gasteiger partial charge in [-0.15, -0.1) is 0 Å². The van der Waals surface area contributed by atoms with Gasteiger partial charge in [0.1, 0.15) is 17.3 Å². The molecule has 2 aromatic carbocycles. The molecule has 0 atom stereocenters. The number of nitrogens with zero attached hydrogens (tertiary/aromatic N) is 2. The SMILES string of the molecule is Cc1cccc(NC(=O)CN(c2ccc(F)cc2)S(=O)(=O)c2cccnc2)c1C. The molecule has 1 amide bonds. The lowest BCUT2D eigenvalue weighted by Crippen LogP contribution is -2.38. The molecule has 1 aromatic heterocycles. The number of sulfonamides is 1. The third-order valence-electron chi connectivity index (χ3n) is 4.50. The van der Waals surface area contributed by atoms with Gasteiger partial charge in [0.15, 0.2) is 0 Å². The quantitative estimate of drug-likeness (QED) is 0.669. The molecular formula is C21H20FN3O3S. The molecule has 0 saturated carbocycles. The van der Waals surface area contributed by atoms with Gasteiger partial charge in [-0.1, -0.05) is 12.1 Å². The standard InChI is InChI=1S/C21H20FN3O3S/c1-15-5-3-7-20(16(15)2)24-21(26)14-25(18-10-8-17(22)9-11-18)29(27,28)19-6-4-12-23-13-19/h3-13H,14H2,1-2H3,(H,24,26). The number of hydrogen-bond acceptors (Lipinski definition) is 4. The summed E-state index contributed by atoms with van der Waals surface area (Å²) in [6.07, 6.45) is 2.66. The van der Waals surface area contributed by atoms with Crippen LogP contribution in [0.15, 0.2) is 71.9 Å². The second-order valence-corrected chi connectivity index (χ2v) is 8.33. The molecule has 150 valence electrons. The molecule has 8 heteroatoms. The Bertz CT molecular complexity index is 1120. The zero-order valence-electron chi connectivity index (χ0n) is 16.0. The van der Waals surface area contributed by atoms with E-state index >= 15 is 0 Å². The number of anilines is 2. The molecule has 3 aromatic rings. The summed E-state index contributed by atoms with van der Waals surface area (Å²) in [6.45, 7) is 3.31. The Kier molecular flexibility index (Phi) is 5.93. The van der Waals surface area contributed by atoms with Crippen LogP contribution in [0.2, 0.25) is 0 Å². The second kappa shape index (κ2) is 8.40. The Labute approximate surface area is 169 Å². The first-order valence-corrected chi connectivity index (χ1v) is 10.3. The van der Waals surface area contributed by atoms with Gasteiger partial charge < -0.3 is 5.32 Å². The maximum Gasteiger partial charge on any atom is 0.266 e. The average Bonchev–Trinajstić information content (AvgIpc) is 2.71. The largest absolute Gasteiger partial charge is 0.324 e. The van der Waals surface area contributed by atoms with E-state index in [0.29, 0.717) is 5.69 Å². The molecule has 1 N–H and O–H groups in total. The Hall–Kier alpha value is -3.26. The van der Waals surface area contributed by atoms with Crippen LogP contribution in [0.5, 0.6) is 0 Å². The van der Waals surface area contributed by atoms with Crippen molar-refractivity contribution in [1.29, 1.82) is 0 Å². The number of carbonyl (C=O) groups is 1. The van der Waals surface area contributed by atoms with Gasteiger partial charge in [0.25, 0.3) is 10.0 Å². The van der Waals surface area contributed by atoms with Gasteiger partial charge in [0, 0.05) is 18.1 Å². The Morgan fingerprint density at radius 1 is 1.07 bits per heavy atom. The number of aromatic nitrogens is 1. The van der Waals surface area contributed by atoms with Crippen LogP contribution in [-0.2, 0) is 14.8 Å². The maximum absolute atomic E-state index is 13.3. The number of pyridine rings is 1. The molecule has 0 bridgehead atoms. The molecule has 6 nitrogen and oxygen atoms in total. The highest BCUT2D eigenvalue weighted by Gasteiger charge is 2.27. The van der Waals surface area contributed by atoms with Crippen LogP contribution in [0.25, 0.3) is 0 Å². The summed E-state index contributed by atoms with van der Waals surface area (Å²) < 4.78 is 40.6. The molecule has 0 aliphatic rings. The van der Waals surface area contributed by atoms with Gasteiger partial charge in [0.05, 0.1) is 5.69 Å². The molecule has 0 aliphatic carbocycles. The fraction of sp³-hybridized carbons (Fsp3) is 0.143. The zero-order chi connectivity index (χ0) is 21.0. The van der Waals surface area contributed by atoms with E-state index in [1.54, 1.807) is 6.07 Å². The lowest BCUT2D eigenvalue weighted by atomic mass is 10.1. The van der Waals surface area contributed by atoms with E-state index < -0.39 is 28.3 Å². The molecule has 29 heavy (non-hydrogen) atoms. The number of hydrogen-bond donors (Lipinski definition) is 1. The summed E-state index contributed by atoms with van der Waals surface area (Å²) in [5, 5.41) is 2.75. The van der Waals surface area contributed by atoms with Crippen molar-refractivity contribution in [2.75, 3.05) is 16.2 Å². The topological polar surface area (TPSA) is 79.4 Å². The molecule has 1 heterocycles. The Morgan fingerprint density at radius 2 is 1.79 bits per heavy atom. The first-order chi connectivity index (χ1) is 13.8. The Morgan fingerprint density at radius 3 is 2.45 bits per heavy atom. The zero-order valence-corrected chi connectivity index (χ0v) is 16.8.